The van der Waals surface area contributed by atoms with Crippen LogP contribution in [0.3, 0.4) is 0 Å². The Morgan fingerprint density at radius 1 is 0.909 bits per heavy atom. The number of methoxy groups -OCH3 is 1. The van der Waals surface area contributed by atoms with Gasteiger partial charge >= 0.3 is 12.4 Å². The molecule has 0 saturated heterocycles. The summed E-state index contributed by atoms with van der Waals surface area (Å²) in [6, 6.07) is 12.9. The predicted octanol–water partition coefficient (Wildman–Crippen LogP) is 8.13. The number of carbonyl (C=O) groups excluding carboxylic acids is 2. The van der Waals surface area contributed by atoms with Crippen LogP contribution in [0.15, 0.2) is 60.7 Å². The van der Waals surface area contributed by atoms with Crippen LogP contribution in [0.25, 0.3) is 22.0 Å². The van der Waals surface area contributed by atoms with Gasteiger partial charge in [-0.2, -0.15) is 26.3 Å². The zero-order valence-electron chi connectivity index (χ0n) is 23.9. The Hall–Kier alpha value is -4.61. The highest BCUT2D eigenvalue weighted by Gasteiger charge is 2.36. The molecule has 4 aromatic rings. The van der Waals surface area contributed by atoms with Gasteiger partial charge in [0.2, 0.25) is 0 Å². The highest BCUT2D eigenvalue weighted by atomic mass is 19.4. The van der Waals surface area contributed by atoms with Gasteiger partial charge in [-0.05, 0) is 68.1 Å². The molecule has 0 aliphatic carbocycles. The van der Waals surface area contributed by atoms with E-state index in [-0.39, 0.29) is 52.3 Å². The predicted molar refractivity (Wildman–Crippen MR) is 153 cm³/mol. The van der Waals surface area contributed by atoms with E-state index in [9.17, 15) is 35.9 Å². The second-order valence-electron chi connectivity index (χ2n) is 10.6. The third-order valence-corrected chi connectivity index (χ3v) is 7.55. The monoisotopic (exact) mass is 615 g/mol. The SMILES string of the molecule is COc1cc(NC(C)CCCN2C(=O)c3ccccc3C2=O)c2nc(C(F)(F)F)cc(C)c2c1-c1ccc(C(F)(F)F)cc1. The third kappa shape index (κ3) is 5.80. The molecule has 230 valence electrons. The van der Waals surface area contributed by atoms with Crippen molar-refractivity contribution in [3.05, 3.63) is 88.6 Å². The van der Waals surface area contributed by atoms with E-state index in [1.54, 1.807) is 31.2 Å². The number of pyridine rings is 1. The zero-order chi connectivity index (χ0) is 32.0. The summed E-state index contributed by atoms with van der Waals surface area (Å²) in [6.07, 6.45) is -8.45. The quantitative estimate of drug-likeness (QED) is 0.160. The van der Waals surface area contributed by atoms with E-state index in [1.165, 1.54) is 37.1 Å². The Morgan fingerprint density at radius 2 is 1.52 bits per heavy atom. The van der Waals surface area contributed by atoms with E-state index in [1.807, 2.05) is 0 Å². The number of ether oxygens (including phenoxy) is 1. The number of nitrogens with zero attached hydrogens (tertiary/aromatic N) is 2. The van der Waals surface area contributed by atoms with Crippen molar-refractivity contribution in [3.63, 3.8) is 0 Å². The molecular formula is C32H27F6N3O3. The van der Waals surface area contributed by atoms with Crippen molar-refractivity contribution in [3.8, 4) is 16.9 Å². The molecule has 0 radical (unpaired) electrons. The molecule has 3 aromatic carbocycles. The maximum atomic E-state index is 13.8. The highest BCUT2D eigenvalue weighted by Crippen LogP contribution is 2.44. The van der Waals surface area contributed by atoms with Crippen LogP contribution in [-0.4, -0.2) is 41.4 Å². The molecule has 2 heterocycles. The first-order valence-electron chi connectivity index (χ1n) is 13.7. The van der Waals surface area contributed by atoms with Gasteiger partial charge in [0.1, 0.15) is 11.4 Å². The van der Waals surface area contributed by atoms with Gasteiger partial charge in [-0.15, -0.1) is 0 Å². The number of anilines is 1. The third-order valence-electron chi connectivity index (χ3n) is 7.55. The van der Waals surface area contributed by atoms with Crippen molar-refractivity contribution in [1.29, 1.82) is 0 Å². The number of imide groups is 1. The van der Waals surface area contributed by atoms with E-state index < -0.39 is 23.6 Å². The smallest absolute Gasteiger partial charge is 0.433 e. The summed E-state index contributed by atoms with van der Waals surface area (Å²) in [5.41, 5.74) is -0.273. The van der Waals surface area contributed by atoms with Gasteiger partial charge in [-0.3, -0.25) is 14.5 Å². The largest absolute Gasteiger partial charge is 0.496 e. The average molecular weight is 616 g/mol. The van der Waals surface area contributed by atoms with Crippen LogP contribution in [0.2, 0.25) is 0 Å². The van der Waals surface area contributed by atoms with Crippen LogP contribution >= 0.6 is 0 Å². The van der Waals surface area contributed by atoms with E-state index in [0.717, 1.165) is 18.2 Å². The minimum atomic E-state index is -4.75. The first kappa shape index (κ1) is 30.8. The molecule has 1 N–H and O–H groups in total. The van der Waals surface area contributed by atoms with E-state index >= 15 is 0 Å². The molecule has 1 atom stereocenters. The summed E-state index contributed by atoms with van der Waals surface area (Å²) >= 11 is 0. The van der Waals surface area contributed by atoms with Gasteiger partial charge in [0.05, 0.1) is 35.0 Å². The number of nitrogens with one attached hydrogen (secondary N) is 1. The number of benzene rings is 3. The molecule has 2 amide bonds. The number of hydrogen-bond acceptors (Lipinski definition) is 5. The van der Waals surface area contributed by atoms with Crippen LogP contribution in [0.5, 0.6) is 5.75 Å². The Balaban J connectivity index is 1.47. The van der Waals surface area contributed by atoms with Gasteiger partial charge in [-0.1, -0.05) is 24.3 Å². The van der Waals surface area contributed by atoms with Gasteiger partial charge in [0, 0.05) is 29.6 Å². The molecular weight excluding hydrogens is 588 g/mol. The first-order chi connectivity index (χ1) is 20.7. The van der Waals surface area contributed by atoms with Crippen molar-refractivity contribution in [2.45, 2.75) is 45.1 Å². The van der Waals surface area contributed by atoms with E-state index in [0.29, 0.717) is 35.1 Å². The molecule has 6 nitrogen and oxygen atoms in total. The fourth-order valence-electron chi connectivity index (χ4n) is 5.44. The second kappa shape index (κ2) is 11.5. The number of aromatic nitrogens is 1. The molecule has 1 aliphatic rings. The molecule has 1 aromatic heterocycles. The number of halogens is 6. The van der Waals surface area contributed by atoms with Crippen molar-refractivity contribution in [2.24, 2.45) is 0 Å². The van der Waals surface area contributed by atoms with Gasteiger partial charge in [0.25, 0.3) is 11.8 Å². The van der Waals surface area contributed by atoms with Crippen LogP contribution in [0.4, 0.5) is 32.0 Å². The van der Waals surface area contributed by atoms with Crippen LogP contribution < -0.4 is 10.1 Å². The molecule has 1 unspecified atom stereocenters. The van der Waals surface area contributed by atoms with Gasteiger partial charge < -0.3 is 10.1 Å². The molecule has 5 rings (SSSR count). The number of rotatable bonds is 8. The molecule has 0 spiro atoms. The fraction of sp³-hybridized carbons (Fsp3) is 0.281. The number of amides is 2. The minimum Gasteiger partial charge on any atom is -0.496 e. The zero-order valence-corrected chi connectivity index (χ0v) is 23.9. The fourth-order valence-corrected chi connectivity index (χ4v) is 5.44. The lowest BCUT2D eigenvalue weighted by atomic mass is 9.94. The summed E-state index contributed by atoms with van der Waals surface area (Å²) in [7, 11) is 1.36. The number of aryl methyl sites for hydroxylation is 1. The Labute approximate surface area is 248 Å². The number of fused-ring (bicyclic) bond motifs is 2. The van der Waals surface area contributed by atoms with Crippen molar-refractivity contribution in [1.82, 2.24) is 9.88 Å². The molecule has 0 bridgehead atoms. The maximum absolute atomic E-state index is 13.8. The van der Waals surface area contributed by atoms with Crippen molar-refractivity contribution in [2.75, 3.05) is 19.0 Å². The number of alkyl halides is 6. The Kier molecular flexibility index (Phi) is 8.04. The molecule has 0 saturated carbocycles. The summed E-state index contributed by atoms with van der Waals surface area (Å²) in [5, 5.41) is 3.48. The Bertz CT molecular complexity index is 1710. The number of hydrogen-bond donors (Lipinski definition) is 1. The lowest BCUT2D eigenvalue weighted by Gasteiger charge is -2.22. The van der Waals surface area contributed by atoms with Crippen LogP contribution in [-0.2, 0) is 12.4 Å². The minimum absolute atomic E-state index is 0.0276. The van der Waals surface area contributed by atoms with Gasteiger partial charge in [-0.25, -0.2) is 4.98 Å². The summed E-state index contributed by atoms with van der Waals surface area (Å²) in [5.74, 6) is -0.525. The lowest BCUT2D eigenvalue weighted by molar-refractivity contribution is -0.141. The van der Waals surface area contributed by atoms with Crippen molar-refractivity contribution < 1.29 is 40.7 Å². The maximum Gasteiger partial charge on any atom is 0.433 e. The molecule has 44 heavy (non-hydrogen) atoms. The average Bonchev–Trinajstić information content (AvgIpc) is 3.21. The normalized spacial score (nSPS) is 14.2. The summed E-state index contributed by atoms with van der Waals surface area (Å²) in [4.78, 5) is 30.5. The first-order valence-corrected chi connectivity index (χ1v) is 13.7. The summed E-state index contributed by atoms with van der Waals surface area (Å²) in [6.45, 7) is 3.43. The summed E-state index contributed by atoms with van der Waals surface area (Å²) < 4.78 is 86.7. The van der Waals surface area contributed by atoms with E-state index in [4.69, 9.17) is 4.74 Å². The molecule has 1 aliphatic heterocycles. The van der Waals surface area contributed by atoms with E-state index in [2.05, 4.69) is 10.3 Å². The number of carbonyl (C=O) groups is 2. The standard InChI is InChI=1S/C32H27F6N3O3/c1-17-15-25(32(36,37)38)40-28-23(16-24(44-3)27(26(17)28)19-10-12-20(13-11-19)31(33,34)35)39-18(2)7-6-14-41-29(42)21-8-4-5-9-22(21)30(41)43/h4-5,8-13,15-16,18,39H,6-7,14H2,1-3H3. The molecule has 12 heteroatoms. The van der Waals surface area contributed by atoms with Crippen LogP contribution in [0.1, 0.15) is 57.3 Å². The topological polar surface area (TPSA) is 71.5 Å². The molecule has 0 fully saturated rings. The van der Waals surface area contributed by atoms with Gasteiger partial charge in [0.15, 0.2) is 0 Å². The highest BCUT2D eigenvalue weighted by molar-refractivity contribution is 6.21. The second-order valence-corrected chi connectivity index (χ2v) is 10.6. The van der Waals surface area contributed by atoms with Crippen molar-refractivity contribution >= 4 is 28.4 Å². The lowest BCUT2D eigenvalue weighted by Crippen LogP contribution is -2.31. The van der Waals surface area contributed by atoms with Crippen LogP contribution in [0, 0.1) is 6.92 Å². The Morgan fingerprint density at radius 3 is 2.07 bits per heavy atom.